The highest BCUT2D eigenvalue weighted by atomic mass is 16.7. The van der Waals surface area contributed by atoms with Gasteiger partial charge in [0.15, 0.2) is 0 Å². The quantitative estimate of drug-likeness (QED) is 0.575. The van der Waals surface area contributed by atoms with E-state index in [0.29, 0.717) is 23.2 Å². The van der Waals surface area contributed by atoms with Gasteiger partial charge in [0.2, 0.25) is 0 Å². The largest absolute Gasteiger partial charge is 0.852 e. The fourth-order valence-electron chi connectivity index (χ4n) is 4.39. The van der Waals surface area contributed by atoms with Crippen LogP contribution in [0, 0.1) is 0 Å². The molecular formula is C20H27NO6. The SMILES string of the molecule is COC(=O)c1cccc(C(C[O-])OC(=O)OC2CC3CCC(C2)[N+]3(C)C)c1. The average Bonchev–Trinajstić information content (AvgIpc) is 2.82. The van der Waals surface area contributed by atoms with Gasteiger partial charge in [-0.3, -0.25) is 0 Å². The molecule has 0 radical (unpaired) electrons. The van der Waals surface area contributed by atoms with E-state index in [1.807, 2.05) is 0 Å². The molecule has 0 N–H and O–H groups in total. The standard InChI is InChI=1S/C20H27NO6/c1-21(2)15-7-8-16(21)11-17(10-15)26-20(24)27-18(12-22)13-5-4-6-14(9-13)19(23)25-3/h4-6,9,15-18H,7-8,10-12H2,1-3H3. The summed E-state index contributed by atoms with van der Waals surface area (Å²) in [5, 5.41) is 11.6. The van der Waals surface area contributed by atoms with Gasteiger partial charge < -0.3 is 23.8 Å². The van der Waals surface area contributed by atoms with Gasteiger partial charge in [-0.2, -0.15) is 0 Å². The molecule has 2 bridgehead atoms. The number of carbonyl (C=O) groups excluding carboxylic acids is 2. The molecule has 3 atom stereocenters. The average molecular weight is 377 g/mol. The van der Waals surface area contributed by atoms with Crippen molar-refractivity contribution in [1.29, 1.82) is 0 Å². The summed E-state index contributed by atoms with van der Waals surface area (Å²) in [5.74, 6) is -0.512. The van der Waals surface area contributed by atoms with E-state index in [-0.39, 0.29) is 6.10 Å². The number of carbonyl (C=O) groups is 2. The van der Waals surface area contributed by atoms with Crippen molar-refractivity contribution in [2.45, 2.75) is 50.0 Å². The molecule has 2 fully saturated rings. The fourth-order valence-corrected chi connectivity index (χ4v) is 4.39. The van der Waals surface area contributed by atoms with E-state index >= 15 is 0 Å². The van der Waals surface area contributed by atoms with E-state index in [4.69, 9.17) is 9.47 Å². The molecule has 1 aromatic carbocycles. The second-order valence-corrected chi connectivity index (χ2v) is 7.87. The minimum absolute atomic E-state index is 0.171. The molecule has 1 aromatic rings. The van der Waals surface area contributed by atoms with E-state index < -0.39 is 24.8 Å². The molecule has 2 heterocycles. The highest BCUT2D eigenvalue weighted by Crippen LogP contribution is 2.40. The van der Waals surface area contributed by atoms with Gasteiger partial charge in [0.05, 0.1) is 38.9 Å². The maximum Gasteiger partial charge on any atom is 0.509 e. The summed E-state index contributed by atoms with van der Waals surface area (Å²) in [6, 6.07) is 7.33. The summed E-state index contributed by atoms with van der Waals surface area (Å²) in [6.07, 6.45) is 1.93. The lowest BCUT2D eigenvalue weighted by molar-refractivity contribution is -0.931. The predicted octanol–water partition coefficient (Wildman–Crippen LogP) is 1.80. The molecule has 7 nitrogen and oxygen atoms in total. The summed E-state index contributed by atoms with van der Waals surface area (Å²) >= 11 is 0. The zero-order valence-electron chi connectivity index (χ0n) is 16.1. The van der Waals surface area contributed by atoms with Crippen LogP contribution >= 0.6 is 0 Å². The second kappa shape index (κ2) is 7.86. The maximum absolute atomic E-state index is 12.2. The first-order valence-electron chi connectivity index (χ1n) is 9.32. The van der Waals surface area contributed by atoms with Crippen LogP contribution in [0.1, 0.15) is 47.7 Å². The van der Waals surface area contributed by atoms with Gasteiger partial charge in [-0.1, -0.05) is 18.7 Å². The first-order chi connectivity index (χ1) is 12.8. The van der Waals surface area contributed by atoms with E-state index in [9.17, 15) is 14.7 Å². The molecule has 2 saturated heterocycles. The predicted molar refractivity (Wildman–Crippen MR) is 94.9 cm³/mol. The van der Waals surface area contributed by atoms with E-state index in [1.54, 1.807) is 18.2 Å². The number of rotatable bonds is 5. The van der Waals surface area contributed by atoms with Crippen LogP contribution in [0.3, 0.4) is 0 Å². The Morgan fingerprint density at radius 1 is 1.22 bits per heavy atom. The van der Waals surface area contributed by atoms with Crippen molar-refractivity contribution in [3.8, 4) is 0 Å². The van der Waals surface area contributed by atoms with Gasteiger partial charge in [0.1, 0.15) is 12.2 Å². The van der Waals surface area contributed by atoms with Crippen LogP contribution in [0.25, 0.3) is 0 Å². The van der Waals surface area contributed by atoms with Gasteiger partial charge in [-0.05, 0) is 17.7 Å². The summed E-state index contributed by atoms with van der Waals surface area (Å²) in [5.41, 5.74) is 0.751. The third-order valence-electron chi connectivity index (χ3n) is 6.12. The number of esters is 1. The highest BCUT2D eigenvalue weighted by molar-refractivity contribution is 5.89. The number of fused-ring (bicyclic) bond motifs is 2. The number of piperidine rings is 1. The Hall–Kier alpha value is -2.12. The Balaban J connectivity index is 1.60. The molecule has 3 unspecified atom stereocenters. The number of hydrogen-bond donors (Lipinski definition) is 0. The number of ether oxygens (including phenoxy) is 3. The summed E-state index contributed by atoms with van der Waals surface area (Å²) in [6.45, 7) is -0.653. The molecule has 0 aromatic heterocycles. The third kappa shape index (κ3) is 4.09. The van der Waals surface area contributed by atoms with Crippen molar-refractivity contribution in [1.82, 2.24) is 0 Å². The molecule has 2 aliphatic rings. The maximum atomic E-state index is 12.2. The normalized spacial score (nSPS) is 26.9. The smallest absolute Gasteiger partial charge is 0.509 e. The lowest BCUT2D eigenvalue weighted by Crippen LogP contribution is -2.56. The summed E-state index contributed by atoms with van der Waals surface area (Å²) in [7, 11) is 5.75. The van der Waals surface area contributed by atoms with Crippen molar-refractivity contribution in [3.63, 3.8) is 0 Å². The monoisotopic (exact) mass is 377 g/mol. The lowest BCUT2D eigenvalue weighted by Gasteiger charge is -2.43. The molecule has 7 heteroatoms. The molecular weight excluding hydrogens is 350 g/mol. The van der Waals surface area contributed by atoms with Gasteiger partial charge >= 0.3 is 12.1 Å². The Kier molecular flexibility index (Phi) is 5.72. The molecule has 27 heavy (non-hydrogen) atoms. The molecule has 0 spiro atoms. The number of nitrogens with zero attached hydrogens (tertiary/aromatic N) is 1. The zero-order chi connectivity index (χ0) is 19.6. The number of hydrogen-bond acceptors (Lipinski definition) is 6. The van der Waals surface area contributed by atoms with Crippen LogP contribution in [0.4, 0.5) is 4.79 Å². The van der Waals surface area contributed by atoms with E-state index in [2.05, 4.69) is 18.8 Å². The van der Waals surface area contributed by atoms with Gasteiger partial charge in [-0.15, -0.1) is 0 Å². The van der Waals surface area contributed by atoms with Gasteiger partial charge in [0.25, 0.3) is 0 Å². The Morgan fingerprint density at radius 2 is 1.89 bits per heavy atom. The van der Waals surface area contributed by atoms with Gasteiger partial charge in [-0.25, -0.2) is 9.59 Å². The van der Waals surface area contributed by atoms with Crippen LogP contribution in [0.2, 0.25) is 0 Å². The van der Waals surface area contributed by atoms with Crippen LogP contribution < -0.4 is 5.11 Å². The zero-order valence-corrected chi connectivity index (χ0v) is 16.1. The first-order valence-corrected chi connectivity index (χ1v) is 9.32. The minimum atomic E-state index is -1.00. The number of quaternary nitrogens is 1. The Morgan fingerprint density at radius 3 is 2.48 bits per heavy atom. The molecule has 2 aliphatic heterocycles. The van der Waals surface area contributed by atoms with Crippen LogP contribution in [0.15, 0.2) is 24.3 Å². The van der Waals surface area contributed by atoms with E-state index in [0.717, 1.165) is 30.2 Å². The number of methoxy groups -OCH3 is 1. The summed E-state index contributed by atoms with van der Waals surface area (Å²) < 4.78 is 16.4. The first kappa shape index (κ1) is 19.6. The number of benzene rings is 1. The van der Waals surface area contributed by atoms with Crippen molar-refractivity contribution in [2.24, 2.45) is 0 Å². The van der Waals surface area contributed by atoms with Crippen LogP contribution in [0.5, 0.6) is 0 Å². The molecule has 0 aliphatic carbocycles. The minimum Gasteiger partial charge on any atom is -0.852 e. The van der Waals surface area contributed by atoms with Gasteiger partial charge in [0, 0.05) is 25.7 Å². The van der Waals surface area contributed by atoms with Crippen molar-refractivity contribution in [3.05, 3.63) is 35.4 Å². The third-order valence-corrected chi connectivity index (χ3v) is 6.12. The summed E-state index contributed by atoms with van der Waals surface area (Å²) in [4.78, 5) is 23.9. The van der Waals surface area contributed by atoms with Crippen molar-refractivity contribution >= 4 is 12.1 Å². The van der Waals surface area contributed by atoms with E-state index in [1.165, 1.54) is 13.2 Å². The Labute approximate surface area is 159 Å². The van der Waals surface area contributed by atoms with Crippen LogP contribution in [-0.2, 0) is 14.2 Å². The second-order valence-electron chi connectivity index (χ2n) is 7.87. The van der Waals surface area contributed by atoms with Crippen LogP contribution in [-0.4, -0.2) is 62.6 Å². The topological polar surface area (TPSA) is 84.9 Å². The molecule has 148 valence electrons. The highest BCUT2D eigenvalue weighted by Gasteiger charge is 2.50. The molecule has 0 saturated carbocycles. The Bertz CT molecular complexity index is 687. The molecule has 0 amide bonds. The lowest BCUT2D eigenvalue weighted by atomic mass is 9.98. The van der Waals surface area contributed by atoms with Crippen molar-refractivity contribution < 1.29 is 33.4 Å². The van der Waals surface area contributed by atoms with Crippen molar-refractivity contribution in [2.75, 3.05) is 27.8 Å². The fraction of sp³-hybridized carbons (Fsp3) is 0.600. The molecule has 3 rings (SSSR count).